The molecule has 0 aromatic heterocycles. The Hall–Kier alpha value is -3.43. The van der Waals surface area contributed by atoms with E-state index in [9.17, 15) is 22.8 Å². The van der Waals surface area contributed by atoms with E-state index in [0.717, 1.165) is 17.3 Å². The number of carbonyl (C=O) groups excluding carboxylic acids is 2. The van der Waals surface area contributed by atoms with Gasteiger partial charge >= 0.3 is 12.4 Å². The number of fused-ring (bicyclic) bond motifs is 2. The van der Waals surface area contributed by atoms with Crippen LogP contribution in [0.4, 0.5) is 29.3 Å². The lowest BCUT2D eigenvalue weighted by Crippen LogP contribution is -2.35. The zero-order valence-electron chi connectivity index (χ0n) is 16.6. The van der Waals surface area contributed by atoms with Crippen molar-refractivity contribution in [2.75, 3.05) is 23.9 Å². The lowest BCUT2D eigenvalue weighted by molar-refractivity contribution is -0.274. The molecule has 2 aromatic carbocycles. The van der Waals surface area contributed by atoms with Crippen LogP contribution in [0.25, 0.3) is 0 Å². The van der Waals surface area contributed by atoms with E-state index in [1.54, 1.807) is 24.1 Å². The summed E-state index contributed by atoms with van der Waals surface area (Å²) in [6, 6.07) is 8.25. The first-order valence-corrected chi connectivity index (χ1v) is 9.69. The van der Waals surface area contributed by atoms with E-state index in [2.05, 4.69) is 15.4 Å². The molecule has 2 N–H and O–H groups in total. The lowest BCUT2D eigenvalue weighted by atomic mass is 10.0. The zero-order chi connectivity index (χ0) is 22.2. The summed E-state index contributed by atoms with van der Waals surface area (Å²) >= 11 is 0. The number of halogens is 3. The van der Waals surface area contributed by atoms with Crippen molar-refractivity contribution in [2.45, 2.75) is 31.7 Å². The maximum Gasteiger partial charge on any atom is 0.573 e. The number of hydrogen-bond donors (Lipinski definition) is 2. The maximum absolute atomic E-state index is 12.5. The normalized spacial score (nSPS) is 17.9. The number of amides is 3. The van der Waals surface area contributed by atoms with Crippen molar-refractivity contribution < 1.29 is 32.2 Å². The lowest BCUT2D eigenvalue weighted by Gasteiger charge is -2.28. The van der Waals surface area contributed by atoms with Crippen molar-refractivity contribution in [1.29, 1.82) is 0 Å². The third-order valence-corrected chi connectivity index (χ3v) is 5.25. The maximum atomic E-state index is 12.5. The topological polar surface area (TPSA) is 79.9 Å². The van der Waals surface area contributed by atoms with Crippen molar-refractivity contribution in [3.8, 4) is 11.5 Å². The highest BCUT2D eigenvalue weighted by Gasteiger charge is 2.32. The average Bonchev–Trinajstić information content (AvgIpc) is 2.70. The van der Waals surface area contributed by atoms with Crippen LogP contribution in [0.5, 0.6) is 11.5 Å². The van der Waals surface area contributed by atoms with Crippen molar-refractivity contribution in [1.82, 2.24) is 5.32 Å². The van der Waals surface area contributed by atoms with Gasteiger partial charge in [-0.2, -0.15) is 0 Å². The van der Waals surface area contributed by atoms with Gasteiger partial charge in [-0.1, -0.05) is 6.07 Å². The molecule has 31 heavy (non-hydrogen) atoms. The van der Waals surface area contributed by atoms with Gasteiger partial charge in [-0.3, -0.25) is 4.79 Å². The third-order valence-electron chi connectivity index (χ3n) is 5.25. The van der Waals surface area contributed by atoms with Gasteiger partial charge < -0.3 is 25.0 Å². The molecule has 2 aliphatic rings. The molecule has 1 atom stereocenters. The number of ether oxygens (including phenoxy) is 2. The van der Waals surface area contributed by atoms with Crippen molar-refractivity contribution in [3.63, 3.8) is 0 Å². The molecule has 4 rings (SSSR count). The SMILES string of the molecule is CN1C(=O)CCc2ccc(NC(=O)N[C@H]3CCOc4cc(OC(F)(F)F)ccc43)cc21. The predicted molar refractivity (Wildman–Crippen MR) is 106 cm³/mol. The quantitative estimate of drug-likeness (QED) is 0.760. The van der Waals surface area contributed by atoms with E-state index < -0.39 is 18.4 Å². The summed E-state index contributed by atoms with van der Waals surface area (Å²) in [6.45, 7) is 0.235. The first kappa shape index (κ1) is 20.8. The number of nitrogens with zero attached hydrogens (tertiary/aromatic N) is 1. The Bertz CT molecular complexity index is 1030. The third kappa shape index (κ3) is 4.68. The average molecular weight is 435 g/mol. The van der Waals surface area contributed by atoms with Crippen LogP contribution in [0.1, 0.15) is 30.0 Å². The molecule has 2 aromatic rings. The van der Waals surface area contributed by atoms with Gasteiger partial charge in [0.2, 0.25) is 5.91 Å². The molecule has 7 nitrogen and oxygen atoms in total. The van der Waals surface area contributed by atoms with Gasteiger partial charge in [-0.15, -0.1) is 13.2 Å². The molecule has 2 heterocycles. The van der Waals surface area contributed by atoms with Crippen LogP contribution >= 0.6 is 0 Å². The van der Waals surface area contributed by atoms with Crippen molar-refractivity contribution in [2.24, 2.45) is 0 Å². The largest absolute Gasteiger partial charge is 0.573 e. The van der Waals surface area contributed by atoms with E-state index in [4.69, 9.17) is 4.74 Å². The Labute approximate surface area is 176 Å². The Kier molecular flexibility index (Phi) is 5.38. The van der Waals surface area contributed by atoms with Gasteiger partial charge in [-0.05, 0) is 36.2 Å². The number of urea groups is 1. The molecule has 10 heteroatoms. The standard InChI is InChI=1S/C21H20F3N3O4/c1-27-17-10-13(4-2-12(17)3-7-19(27)28)25-20(29)26-16-8-9-30-18-11-14(5-6-15(16)18)31-21(22,23)24/h2,4-6,10-11,16H,3,7-9H2,1H3,(H2,25,26,29)/t16-/m0/s1. The first-order chi connectivity index (χ1) is 14.7. The van der Waals surface area contributed by atoms with Gasteiger partial charge in [0.05, 0.1) is 12.6 Å². The number of anilines is 2. The van der Waals surface area contributed by atoms with Crippen LogP contribution in [-0.2, 0) is 11.2 Å². The molecule has 0 radical (unpaired) electrons. The molecule has 3 amide bonds. The highest BCUT2D eigenvalue weighted by molar-refractivity contribution is 5.97. The first-order valence-electron chi connectivity index (χ1n) is 9.69. The molecule has 0 bridgehead atoms. The second-order valence-electron chi connectivity index (χ2n) is 7.33. The minimum absolute atomic E-state index is 0.0155. The Morgan fingerprint density at radius 3 is 2.77 bits per heavy atom. The Morgan fingerprint density at radius 1 is 1.19 bits per heavy atom. The molecule has 0 saturated heterocycles. The summed E-state index contributed by atoms with van der Waals surface area (Å²) in [5.41, 5.74) is 2.87. The molecule has 0 saturated carbocycles. The fourth-order valence-electron chi connectivity index (χ4n) is 3.75. The summed E-state index contributed by atoms with van der Waals surface area (Å²) in [7, 11) is 1.69. The molecule has 0 aliphatic carbocycles. The van der Waals surface area contributed by atoms with Crippen LogP contribution in [0, 0.1) is 0 Å². The highest BCUT2D eigenvalue weighted by Crippen LogP contribution is 2.36. The summed E-state index contributed by atoms with van der Waals surface area (Å²) < 4.78 is 46.6. The number of aryl methyl sites for hydroxylation is 1. The minimum atomic E-state index is -4.80. The predicted octanol–water partition coefficient (Wildman–Crippen LogP) is 4.14. The van der Waals surface area contributed by atoms with Gasteiger partial charge in [0.25, 0.3) is 0 Å². The van der Waals surface area contributed by atoms with Crippen LogP contribution in [0.2, 0.25) is 0 Å². The van der Waals surface area contributed by atoms with Crippen molar-refractivity contribution in [3.05, 3.63) is 47.5 Å². The smallest absolute Gasteiger partial charge is 0.493 e. The fraction of sp³-hybridized carbons (Fsp3) is 0.333. The molecule has 0 spiro atoms. The second kappa shape index (κ2) is 8.01. The number of rotatable bonds is 3. The molecule has 0 fully saturated rings. The van der Waals surface area contributed by atoms with E-state index in [1.807, 2.05) is 6.07 Å². The number of nitrogens with one attached hydrogen (secondary N) is 2. The van der Waals surface area contributed by atoms with Crippen LogP contribution in [0.3, 0.4) is 0 Å². The number of benzene rings is 2. The Morgan fingerprint density at radius 2 is 2.00 bits per heavy atom. The number of carbonyl (C=O) groups is 2. The molecular weight excluding hydrogens is 415 g/mol. The molecule has 0 unspecified atom stereocenters. The Balaban J connectivity index is 1.45. The van der Waals surface area contributed by atoms with E-state index in [0.29, 0.717) is 30.5 Å². The van der Waals surface area contributed by atoms with Crippen molar-refractivity contribution >= 4 is 23.3 Å². The second-order valence-corrected chi connectivity index (χ2v) is 7.33. The minimum Gasteiger partial charge on any atom is -0.493 e. The summed E-state index contributed by atoms with van der Waals surface area (Å²) in [4.78, 5) is 26.0. The summed E-state index contributed by atoms with van der Waals surface area (Å²) in [5.74, 6) is -0.141. The zero-order valence-corrected chi connectivity index (χ0v) is 16.6. The van der Waals surface area contributed by atoms with Gasteiger partial charge in [0.1, 0.15) is 11.5 Å². The van der Waals surface area contributed by atoms with Gasteiger partial charge in [0, 0.05) is 42.9 Å². The molecule has 164 valence electrons. The fourth-order valence-corrected chi connectivity index (χ4v) is 3.75. The van der Waals surface area contributed by atoms with E-state index in [1.165, 1.54) is 12.1 Å². The van der Waals surface area contributed by atoms with Gasteiger partial charge in [0.15, 0.2) is 0 Å². The van der Waals surface area contributed by atoms with E-state index >= 15 is 0 Å². The van der Waals surface area contributed by atoms with Crippen LogP contribution in [-0.4, -0.2) is 32.0 Å². The van der Waals surface area contributed by atoms with Gasteiger partial charge in [-0.25, -0.2) is 4.79 Å². The van der Waals surface area contributed by atoms with Crippen LogP contribution < -0.4 is 25.0 Å². The number of alkyl halides is 3. The monoisotopic (exact) mass is 435 g/mol. The molecular formula is C21H20F3N3O4. The highest BCUT2D eigenvalue weighted by atomic mass is 19.4. The summed E-state index contributed by atoms with van der Waals surface area (Å²) in [5, 5.41) is 5.56. The van der Waals surface area contributed by atoms with E-state index in [-0.39, 0.29) is 24.0 Å². The molecule has 2 aliphatic heterocycles. The number of hydrogen-bond acceptors (Lipinski definition) is 4. The summed E-state index contributed by atoms with van der Waals surface area (Å²) in [6.07, 6.45) is -3.23. The van der Waals surface area contributed by atoms with Crippen LogP contribution in [0.15, 0.2) is 36.4 Å².